The topological polar surface area (TPSA) is 86.8 Å². The van der Waals surface area contributed by atoms with Crippen molar-refractivity contribution in [1.29, 1.82) is 0 Å². The summed E-state index contributed by atoms with van der Waals surface area (Å²) in [4.78, 5) is 15.6. The predicted octanol–water partition coefficient (Wildman–Crippen LogP) is 2.79. The Morgan fingerprint density at radius 3 is 2.34 bits per heavy atom. The van der Waals surface area contributed by atoms with Crippen LogP contribution in [-0.4, -0.2) is 53.4 Å². The molecular formula is C24H42N2O3. The Morgan fingerprint density at radius 2 is 1.62 bits per heavy atom. The van der Waals surface area contributed by atoms with Gasteiger partial charge in [-0.15, -0.1) is 0 Å². The lowest BCUT2D eigenvalue weighted by atomic mass is 9.62. The number of hydrogen-bond donors (Lipinski definition) is 3. The van der Waals surface area contributed by atoms with Crippen molar-refractivity contribution >= 4 is 5.91 Å². The molecule has 3 aliphatic carbocycles. The molecule has 7 unspecified atom stereocenters. The van der Waals surface area contributed by atoms with Gasteiger partial charge < -0.3 is 20.8 Å². The summed E-state index contributed by atoms with van der Waals surface area (Å²) in [7, 11) is 0. The molecule has 0 spiro atoms. The van der Waals surface area contributed by atoms with Crippen LogP contribution in [0.5, 0.6) is 0 Å². The number of carbonyl (C=O) groups is 1. The number of fused-ring (bicyclic) bond motifs is 1. The van der Waals surface area contributed by atoms with Gasteiger partial charge in [0.05, 0.1) is 6.10 Å². The minimum Gasteiger partial charge on any atom is -0.396 e. The van der Waals surface area contributed by atoms with E-state index in [0.717, 1.165) is 70.0 Å². The SMILES string of the molecule is NCC1CCCC(C2CCN(C(=O)C3CCCC4CC(CO)C(O)CC43)CC2)C1. The summed E-state index contributed by atoms with van der Waals surface area (Å²) < 4.78 is 0. The minimum absolute atomic E-state index is 0.00804. The molecule has 3 saturated carbocycles. The lowest BCUT2D eigenvalue weighted by molar-refractivity contribution is -0.144. The molecule has 4 aliphatic rings. The second kappa shape index (κ2) is 9.65. The summed E-state index contributed by atoms with van der Waals surface area (Å²) >= 11 is 0. The Labute approximate surface area is 176 Å². The standard InChI is InChI=1S/C24H42N2O3/c25-14-16-3-1-4-18(11-16)17-7-9-26(10-8-17)24(29)21-6-2-5-19-12-20(15-27)23(28)13-22(19)21/h16-23,27-28H,1-15,25H2. The average Bonchev–Trinajstić information content (AvgIpc) is 2.78. The fourth-order valence-electron chi connectivity index (χ4n) is 7.33. The molecule has 4 fully saturated rings. The van der Waals surface area contributed by atoms with E-state index in [9.17, 15) is 15.0 Å². The Balaban J connectivity index is 1.32. The first kappa shape index (κ1) is 21.6. The van der Waals surface area contributed by atoms with E-state index in [1.165, 1.54) is 25.7 Å². The lowest BCUT2D eigenvalue weighted by Crippen LogP contribution is -2.49. The molecule has 1 amide bonds. The van der Waals surface area contributed by atoms with E-state index in [0.29, 0.717) is 30.1 Å². The zero-order chi connectivity index (χ0) is 20.4. The van der Waals surface area contributed by atoms with Crippen LogP contribution in [0, 0.1) is 41.4 Å². The number of aliphatic hydroxyl groups is 2. The van der Waals surface area contributed by atoms with Gasteiger partial charge in [-0.25, -0.2) is 0 Å². The van der Waals surface area contributed by atoms with Crippen LogP contribution < -0.4 is 5.73 Å². The Bertz CT molecular complexity index is 548. The number of carbonyl (C=O) groups excluding carboxylic acids is 1. The van der Waals surface area contributed by atoms with E-state index < -0.39 is 6.10 Å². The first-order chi connectivity index (χ1) is 14.1. The number of nitrogens with zero attached hydrogens (tertiary/aromatic N) is 1. The molecule has 1 aliphatic heterocycles. The second-order valence-corrected chi connectivity index (χ2v) is 10.6. The minimum atomic E-state index is -0.442. The molecule has 4 rings (SSSR count). The van der Waals surface area contributed by atoms with E-state index >= 15 is 0 Å². The Morgan fingerprint density at radius 1 is 0.897 bits per heavy atom. The normalized spacial score (nSPS) is 41.8. The van der Waals surface area contributed by atoms with E-state index in [1.54, 1.807) is 0 Å². The maximum absolute atomic E-state index is 13.4. The van der Waals surface area contributed by atoms with Gasteiger partial charge in [0.2, 0.25) is 5.91 Å². The van der Waals surface area contributed by atoms with Crippen LogP contribution in [0.4, 0.5) is 0 Å². The van der Waals surface area contributed by atoms with E-state index in [4.69, 9.17) is 5.73 Å². The molecule has 0 aromatic heterocycles. The smallest absolute Gasteiger partial charge is 0.225 e. The van der Waals surface area contributed by atoms with Gasteiger partial charge in [0.15, 0.2) is 0 Å². The van der Waals surface area contributed by atoms with E-state index in [2.05, 4.69) is 4.90 Å². The van der Waals surface area contributed by atoms with Crippen LogP contribution in [0.25, 0.3) is 0 Å². The maximum Gasteiger partial charge on any atom is 0.225 e. The third-order valence-corrected chi connectivity index (χ3v) is 9.10. The molecule has 166 valence electrons. The van der Waals surface area contributed by atoms with Crippen LogP contribution in [0.15, 0.2) is 0 Å². The molecule has 4 N–H and O–H groups in total. The first-order valence-corrected chi connectivity index (χ1v) is 12.4. The number of aliphatic hydroxyl groups excluding tert-OH is 2. The van der Waals surface area contributed by atoms with Gasteiger partial charge in [-0.2, -0.15) is 0 Å². The third-order valence-electron chi connectivity index (χ3n) is 9.10. The number of rotatable bonds is 4. The van der Waals surface area contributed by atoms with E-state index in [1.807, 2.05) is 0 Å². The highest BCUT2D eigenvalue weighted by Gasteiger charge is 2.45. The highest BCUT2D eigenvalue weighted by molar-refractivity contribution is 5.79. The average molecular weight is 407 g/mol. The number of hydrogen-bond acceptors (Lipinski definition) is 4. The second-order valence-electron chi connectivity index (χ2n) is 10.6. The number of nitrogens with two attached hydrogens (primary N) is 1. The van der Waals surface area contributed by atoms with Gasteiger partial charge in [0, 0.05) is 31.5 Å². The molecule has 1 saturated heterocycles. The van der Waals surface area contributed by atoms with Crippen LogP contribution in [-0.2, 0) is 4.79 Å². The van der Waals surface area contributed by atoms with Gasteiger partial charge in [0.25, 0.3) is 0 Å². The van der Waals surface area contributed by atoms with Crippen molar-refractivity contribution in [2.24, 2.45) is 47.2 Å². The van der Waals surface area contributed by atoms with Crippen molar-refractivity contribution in [2.45, 2.75) is 76.7 Å². The van der Waals surface area contributed by atoms with Crippen molar-refractivity contribution < 1.29 is 15.0 Å². The molecule has 1 heterocycles. The zero-order valence-electron chi connectivity index (χ0n) is 18.1. The molecule has 5 heteroatoms. The highest BCUT2D eigenvalue weighted by atomic mass is 16.3. The maximum atomic E-state index is 13.4. The number of piperidine rings is 1. The highest BCUT2D eigenvalue weighted by Crippen LogP contribution is 2.47. The molecule has 29 heavy (non-hydrogen) atoms. The largest absolute Gasteiger partial charge is 0.396 e. The number of likely N-dealkylation sites (tertiary alicyclic amines) is 1. The quantitative estimate of drug-likeness (QED) is 0.670. The Hall–Kier alpha value is -0.650. The van der Waals surface area contributed by atoms with Crippen molar-refractivity contribution in [3.05, 3.63) is 0 Å². The number of amides is 1. The van der Waals surface area contributed by atoms with Crippen LogP contribution in [0.1, 0.15) is 70.6 Å². The van der Waals surface area contributed by atoms with Crippen molar-refractivity contribution in [3.63, 3.8) is 0 Å². The molecule has 0 bridgehead atoms. The summed E-state index contributed by atoms with van der Waals surface area (Å²) in [5.41, 5.74) is 5.94. The van der Waals surface area contributed by atoms with Crippen LogP contribution in [0.3, 0.4) is 0 Å². The molecule has 5 nitrogen and oxygen atoms in total. The van der Waals surface area contributed by atoms with Crippen molar-refractivity contribution in [2.75, 3.05) is 26.2 Å². The summed E-state index contributed by atoms with van der Waals surface area (Å²) in [6, 6.07) is 0. The van der Waals surface area contributed by atoms with Gasteiger partial charge in [-0.1, -0.05) is 25.7 Å². The van der Waals surface area contributed by atoms with Crippen molar-refractivity contribution in [3.8, 4) is 0 Å². The van der Waals surface area contributed by atoms with Gasteiger partial charge >= 0.3 is 0 Å². The summed E-state index contributed by atoms with van der Waals surface area (Å²) in [5, 5.41) is 20.0. The zero-order valence-corrected chi connectivity index (χ0v) is 18.1. The van der Waals surface area contributed by atoms with Crippen LogP contribution in [0.2, 0.25) is 0 Å². The Kier molecular flexibility index (Phi) is 7.18. The molecule has 0 radical (unpaired) electrons. The molecular weight excluding hydrogens is 364 g/mol. The van der Waals surface area contributed by atoms with E-state index in [-0.39, 0.29) is 18.4 Å². The summed E-state index contributed by atoms with van der Waals surface area (Å²) in [6.45, 7) is 2.75. The molecule has 0 aromatic carbocycles. The van der Waals surface area contributed by atoms with Gasteiger partial charge in [-0.05, 0) is 81.1 Å². The van der Waals surface area contributed by atoms with Crippen LogP contribution >= 0.6 is 0 Å². The lowest BCUT2D eigenvalue weighted by Gasteiger charge is -2.47. The van der Waals surface area contributed by atoms with Gasteiger partial charge in [0.1, 0.15) is 0 Å². The summed E-state index contributed by atoms with van der Waals surface area (Å²) in [5.74, 6) is 3.59. The van der Waals surface area contributed by atoms with Crippen molar-refractivity contribution in [1.82, 2.24) is 4.90 Å². The fourth-order valence-corrected chi connectivity index (χ4v) is 7.33. The summed E-state index contributed by atoms with van der Waals surface area (Å²) in [6.07, 6.45) is 12.0. The molecule has 7 atom stereocenters. The third kappa shape index (κ3) is 4.67. The predicted molar refractivity (Wildman–Crippen MR) is 114 cm³/mol. The first-order valence-electron chi connectivity index (χ1n) is 12.4. The van der Waals surface area contributed by atoms with Gasteiger partial charge in [-0.3, -0.25) is 4.79 Å². The monoisotopic (exact) mass is 406 g/mol. The fraction of sp³-hybridized carbons (Fsp3) is 0.958. The molecule has 0 aromatic rings.